The first kappa shape index (κ1) is 32.2. The Kier molecular flexibility index (Phi) is 8.69. The Morgan fingerprint density at radius 3 is 2.29 bits per heavy atom. The highest BCUT2D eigenvalue weighted by Crippen LogP contribution is 2.58. The first-order chi connectivity index (χ1) is 23.3. The summed E-state index contributed by atoms with van der Waals surface area (Å²) in [5.41, 5.74) is 10.4. The minimum Gasteiger partial charge on any atom is -0.359 e. The normalized spacial score (nSPS) is 20.7. The van der Waals surface area contributed by atoms with Gasteiger partial charge in [-0.1, -0.05) is 81.8 Å². The van der Waals surface area contributed by atoms with Gasteiger partial charge in [-0.3, -0.25) is 0 Å². The molecule has 250 valence electrons. The number of aromatic nitrogens is 2. The molecular formula is C42H52N6. The van der Waals surface area contributed by atoms with E-state index in [1.165, 1.54) is 46.5 Å². The predicted molar refractivity (Wildman–Crippen MR) is 201 cm³/mol. The van der Waals surface area contributed by atoms with E-state index < -0.39 is 0 Å². The summed E-state index contributed by atoms with van der Waals surface area (Å²) in [7, 11) is 4.49. The fourth-order valence-corrected chi connectivity index (χ4v) is 9.16. The first-order valence-electron chi connectivity index (χ1n) is 18.2. The Morgan fingerprint density at radius 2 is 1.54 bits per heavy atom. The summed E-state index contributed by atoms with van der Waals surface area (Å²) in [6.45, 7) is 11.5. The van der Waals surface area contributed by atoms with Crippen molar-refractivity contribution in [2.24, 2.45) is 5.92 Å². The molecule has 48 heavy (non-hydrogen) atoms. The fourth-order valence-electron chi connectivity index (χ4n) is 9.16. The van der Waals surface area contributed by atoms with Crippen molar-refractivity contribution >= 4 is 22.9 Å². The van der Waals surface area contributed by atoms with Gasteiger partial charge < -0.3 is 19.6 Å². The van der Waals surface area contributed by atoms with Crippen LogP contribution in [0.25, 0.3) is 11.4 Å². The van der Waals surface area contributed by atoms with E-state index in [2.05, 4.69) is 154 Å². The Balaban J connectivity index is 1.28. The number of fused-ring (bicyclic) bond motifs is 5. The SMILES string of the molecule is CCCCc1cccc(-c2ncc3c(n2)N(C)C2C(CCC4N(C)C=CN4c4ccccc4C)C(CC)(CC)c4ccccc4N32)c1C. The van der Waals surface area contributed by atoms with E-state index in [0.717, 1.165) is 55.0 Å². The highest BCUT2D eigenvalue weighted by atomic mass is 15.5. The van der Waals surface area contributed by atoms with Gasteiger partial charge in [-0.25, -0.2) is 9.97 Å². The van der Waals surface area contributed by atoms with Crippen LogP contribution in [0.15, 0.2) is 85.3 Å². The molecule has 3 atom stereocenters. The maximum atomic E-state index is 5.38. The van der Waals surface area contributed by atoms with Gasteiger partial charge in [0.05, 0.1) is 6.20 Å². The Bertz CT molecular complexity index is 1810. The van der Waals surface area contributed by atoms with E-state index in [9.17, 15) is 0 Å². The molecule has 0 spiro atoms. The summed E-state index contributed by atoms with van der Waals surface area (Å²) in [5.74, 6) is 2.25. The summed E-state index contributed by atoms with van der Waals surface area (Å²) >= 11 is 0. The number of para-hydroxylation sites is 2. The zero-order valence-corrected chi connectivity index (χ0v) is 29.9. The van der Waals surface area contributed by atoms with Gasteiger partial charge >= 0.3 is 0 Å². The molecule has 6 nitrogen and oxygen atoms in total. The minimum atomic E-state index is 0.0482. The lowest BCUT2D eigenvalue weighted by atomic mass is 9.61. The van der Waals surface area contributed by atoms with Gasteiger partial charge in [-0.15, -0.1) is 0 Å². The number of rotatable bonds is 10. The predicted octanol–water partition coefficient (Wildman–Crippen LogP) is 9.73. The van der Waals surface area contributed by atoms with Gasteiger partial charge in [0.2, 0.25) is 0 Å². The highest BCUT2D eigenvalue weighted by molar-refractivity contribution is 5.85. The van der Waals surface area contributed by atoms with Crippen molar-refractivity contribution in [2.75, 3.05) is 28.8 Å². The summed E-state index contributed by atoms with van der Waals surface area (Å²) in [4.78, 5) is 20.4. The van der Waals surface area contributed by atoms with E-state index in [1.807, 2.05) is 0 Å². The van der Waals surface area contributed by atoms with E-state index in [0.29, 0.717) is 5.92 Å². The van der Waals surface area contributed by atoms with E-state index in [1.54, 1.807) is 0 Å². The lowest BCUT2D eigenvalue weighted by Crippen LogP contribution is -2.57. The maximum absolute atomic E-state index is 5.38. The zero-order valence-electron chi connectivity index (χ0n) is 29.9. The molecule has 4 aromatic rings. The van der Waals surface area contributed by atoms with Gasteiger partial charge in [-0.05, 0) is 86.8 Å². The van der Waals surface area contributed by atoms with Crippen molar-refractivity contribution in [3.8, 4) is 11.4 Å². The third kappa shape index (κ3) is 5.07. The summed E-state index contributed by atoms with van der Waals surface area (Å²) in [6, 6.07) is 24.6. The van der Waals surface area contributed by atoms with E-state index >= 15 is 0 Å². The summed E-state index contributed by atoms with van der Waals surface area (Å²) in [5, 5.41) is 0. The first-order valence-corrected chi connectivity index (χ1v) is 18.2. The van der Waals surface area contributed by atoms with Crippen LogP contribution in [0.1, 0.15) is 81.5 Å². The van der Waals surface area contributed by atoms with Crippen LogP contribution in [0.4, 0.5) is 22.9 Å². The average molecular weight is 641 g/mol. The molecule has 7 rings (SSSR count). The molecule has 0 radical (unpaired) electrons. The molecule has 0 fully saturated rings. The Hall–Kier alpha value is -4.32. The Labute approximate surface area is 288 Å². The second-order valence-corrected chi connectivity index (χ2v) is 14.2. The molecule has 3 unspecified atom stereocenters. The van der Waals surface area contributed by atoms with Crippen LogP contribution >= 0.6 is 0 Å². The number of hydrogen-bond donors (Lipinski definition) is 0. The second kappa shape index (κ2) is 12.9. The van der Waals surface area contributed by atoms with E-state index in [4.69, 9.17) is 9.97 Å². The summed E-state index contributed by atoms with van der Waals surface area (Å²) in [6.07, 6.45) is 14.8. The molecule has 1 aromatic heterocycles. The van der Waals surface area contributed by atoms with Crippen LogP contribution < -0.4 is 14.7 Å². The average Bonchev–Trinajstić information content (AvgIpc) is 3.62. The van der Waals surface area contributed by atoms with Crippen molar-refractivity contribution in [1.29, 1.82) is 0 Å². The standard InChI is InChI=1S/C42H52N6/c1-8-11-18-31-19-16-20-32(30(31)5)39-43-28-37-40(44-39)46(7)41-34(42(9-2,10-3)33-21-13-15-23-36(33)48(37)41)24-25-38-45(6)26-27-47(38)35-22-14-12-17-29(35)4/h12-17,19-23,26-28,34,38,41H,8-11,18,24-25H2,1-7H3. The molecule has 3 aliphatic rings. The third-order valence-corrected chi connectivity index (χ3v) is 11.9. The largest absolute Gasteiger partial charge is 0.359 e. The van der Waals surface area contributed by atoms with Crippen LogP contribution in [0.3, 0.4) is 0 Å². The number of anilines is 4. The molecule has 0 bridgehead atoms. The van der Waals surface area contributed by atoms with Crippen molar-refractivity contribution in [3.05, 3.63) is 108 Å². The van der Waals surface area contributed by atoms with E-state index in [-0.39, 0.29) is 17.7 Å². The maximum Gasteiger partial charge on any atom is 0.161 e. The molecule has 6 heteroatoms. The second-order valence-electron chi connectivity index (χ2n) is 14.2. The lowest BCUT2D eigenvalue weighted by molar-refractivity contribution is 0.170. The van der Waals surface area contributed by atoms with Gasteiger partial charge in [-0.2, -0.15) is 0 Å². The monoisotopic (exact) mass is 640 g/mol. The molecule has 0 N–H and O–H groups in total. The van der Waals surface area contributed by atoms with Crippen molar-refractivity contribution in [2.45, 2.75) is 97.3 Å². The smallest absolute Gasteiger partial charge is 0.161 e. The van der Waals surface area contributed by atoms with Gasteiger partial charge in [0.25, 0.3) is 0 Å². The summed E-state index contributed by atoms with van der Waals surface area (Å²) < 4.78 is 0. The number of unbranched alkanes of at least 4 members (excludes halogenated alkanes) is 1. The van der Waals surface area contributed by atoms with Gasteiger partial charge in [0, 0.05) is 54.8 Å². The molecular weight excluding hydrogens is 589 g/mol. The fraction of sp³-hybridized carbons (Fsp3) is 0.429. The zero-order chi connectivity index (χ0) is 33.6. The Morgan fingerprint density at radius 1 is 0.792 bits per heavy atom. The van der Waals surface area contributed by atoms with Crippen molar-refractivity contribution in [1.82, 2.24) is 14.9 Å². The van der Waals surface area contributed by atoms with Crippen LogP contribution in [-0.4, -0.2) is 41.3 Å². The van der Waals surface area contributed by atoms with Gasteiger partial charge in [0.1, 0.15) is 18.0 Å². The lowest BCUT2D eigenvalue weighted by Gasteiger charge is -2.53. The van der Waals surface area contributed by atoms with Crippen molar-refractivity contribution < 1.29 is 0 Å². The quantitative estimate of drug-likeness (QED) is 0.172. The minimum absolute atomic E-state index is 0.0482. The number of aryl methyl sites for hydroxylation is 2. The van der Waals surface area contributed by atoms with Crippen LogP contribution in [0, 0.1) is 19.8 Å². The number of nitrogens with zero attached hydrogens (tertiary/aromatic N) is 6. The van der Waals surface area contributed by atoms with Crippen LogP contribution in [0.5, 0.6) is 0 Å². The molecule has 0 saturated carbocycles. The molecule has 4 heterocycles. The van der Waals surface area contributed by atoms with Crippen LogP contribution in [-0.2, 0) is 11.8 Å². The van der Waals surface area contributed by atoms with Crippen molar-refractivity contribution in [3.63, 3.8) is 0 Å². The molecule has 3 aromatic carbocycles. The molecule has 0 aliphatic carbocycles. The topological polar surface area (TPSA) is 38.7 Å². The molecule has 0 saturated heterocycles. The highest BCUT2D eigenvalue weighted by Gasteiger charge is 2.54. The number of benzene rings is 3. The molecule has 3 aliphatic heterocycles. The molecule has 0 amide bonds. The third-order valence-electron chi connectivity index (χ3n) is 11.9. The number of hydrogen-bond acceptors (Lipinski definition) is 6. The van der Waals surface area contributed by atoms with Crippen LogP contribution in [0.2, 0.25) is 0 Å². The van der Waals surface area contributed by atoms with Gasteiger partial charge in [0.15, 0.2) is 11.6 Å².